The van der Waals surface area contributed by atoms with Crippen LogP contribution >= 0.6 is 0 Å². The Morgan fingerprint density at radius 2 is 1.71 bits per heavy atom. The van der Waals surface area contributed by atoms with E-state index >= 15 is 0 Å². The highest BCUT2D eigenvalue weighted by Gasteiger charge is 2.31. The number of hydrogen-bond donors (Lipinski definition) is 1. The van der Waals surface area contributed by atoms with E-state index in [9.17, 15) is 18.4 Å². The Balaban J connectivity index is 2.16. The van der Waals surface area contributed by atoms with Crippen molar-refractivity contribution in [1.29, 1.82) is 0 Å². The second-order valence-electron chi connectivity index (χ2n) is 3.99. The molecule has 1 fully saturated rings. The Hall–Kier alpha value is -1.27. The predicted molar refractivity (Wildman–Crippen MR) is 57.0 cm³/mol. The van der Waals surface area contributed by atoms with Crippen LogP contribution in [0.25, 0.3) is 0 Å². The third-order valence-electron chi connectivity index (χ3n) is 2.79. The zero-order valence-electron chi connectivity index (χ0n) is 9.11. The molecule has 0 radical (unpaired) electrons. The molecule has 0 unspecified atom stereocenters. The summed E-state index contributed by atoms with van der Waals surface area (Å²) in [6, 6.07) is 5.27. The number of hydroxylamine groups is 2. The Kier molecular flexibility index (Phi) is 3.26. The van der Waals surface area contributed by atoms with E-state index in [0.717, 1.165) is 12.1 Å². The Morgan fingerprint density at radius 3 is 2.29 bits per heavy atom. The second kappa shape index (κ2) is 4.54. The van der Waals surface area contributed by atoms with Crippen molar-refractivity contribution < 1.29 is 18.4 Å². The van der Waals surface area contributed by atoms with Gasteiger partial charge < -0.3 is 10.1 Å². The fraction of sp³-hybridized carbons (Fsp3) is 0.455. The molecular weight excluding hydrogens is 233 g/mol. The fourth-order valence-corrected chi connectivity index (χ4v) is 1.83. The lowest BCUT2D eigenvalue weighted by Gasteiger charge is -2.33. The third-order valence-corrected chi connectivity index (χ3v) is 2.79. The first-order valence-corrected chi connectivity index (χ1v) is 5.33. The maximum atomic E-state index is 12.5. The van der Waals surface area contributed by atoms with Gasteiger partial charge in [0, 0.05) is 31.9 Å². The van der Waals surface area contributed by atoms with Gasteiger partial charge in [-0.15, -0.1) is 0 Å². The van der Waals surface area contributed by atoms with Crippen molar-refractivity contribution in [3.8, 4) is 0 Å². The average molecular weight is 246 g/mol. The van der Waals surface area contributed by atoms with E-state index in [0.29, 0.717) is 31.9 Å². The van der Waals surface area contributed by atoms with Crippen molar-refractivity contribution in [2.24, 2.45) is 0 Å². The Labute approximate surface area is 97.0 Å². The van der Waals surface area contributed by atoms with Gasteiger partial charge in [-0.25, -0.2) is 0 Å². The highest BCUT2D eigenvalue weighted by atomic mass is 19.4. The van der Waals surface area contributed by atoms with Crippen molar-refractivity contribution in [2.45, 2.75) is 6.18 Å². The standard InChI is InChI=1S/C11H13F3N2O/c12-11(13,14)9-2-1-3-10(8-9)15-4-6-16(17)7-5-15/h1-3,8,17H,4-7H2. The fourth-order valence-electron chi connectivity index (χ4n) is 1.83. The van der Waals surface area contributed by atoms with E-state index in [1.165, 1.54) is 11.1 Å². The zero-order valence-corrected chi connectivity index (χ0v) is 9.11. The molecule has 3 nitrogen and oxygen atoms in total. The minimum atomic E-state index is -4.31. The SMILES string of the molecule is ON1CCN(c2cccc(C(F)(F)F)c2)CC1. The van der Waals surface area contributed by atoms with E-state index in [4.69, 9.17) is 0 Å². The summed E-state index contributed by atoms with van der Waals surface area (Å²) in [4.78, 5) is 1.84. The van der Waals surface area contributed by atoms with Gasteiger partial charge in [-0.05, 0) is 18.2 Å². The van der Waals surface area contributed by atoms with Gasteiger partial charge in [-0.1, -0.05) is 6.07 Å². The van der Waals surface area contributed by atoms with Crippen molar-refractivity contribution >= 4 is 5.69 Å². The summed E-state index contributed by atoms with van der Waals surface area (Å²) in [5, 5.41) is 10.4. The number of nitrogens with zero attached hydrogens (tertiary/aromatic N) is 2. The van der Waals surface area contributed by atoms with Gasteiger partial charge in [0.25, 0.3) is 0 Å². The molecule has 1 aliphatic heterocycles. The van der Waals surface area contributed by atoms with Crippen LogP contribution in [-0.2, 0) is 6.18 Å². The molecule has 0 spiro atoms. The van der Waals surface area contributed by atoms with Crippen LogP contribution in [0.15, 0.2) is 24.3 Å². The molecule has 1 aromatic rings. The van der Waals surface area contributed by atoms with Gasteiger partial charge in [0.15, 0.2) is 0 Å². The molecule has 1 saturated heterocycles. The molecular formula is C11H13F3N2O. The molecule has 0 aliphatic carbocycles. The van der Waals surface area contributed by atoms with Crippen molar-refractivity contribution in [3.63, 3.8) is 0 Å². The summed E-state index contributed by atoms with van der Waals surface area (Å²) in [7, 11) is 0. The monoisotopic (exact) mass is 246 g/mol. The molecule has 0 atom stereocenters. The summed E-state index contributed by atoms with van der Waals surface area (Å²) >= 11 is 0. The zero-order chi connectivity index (χ0) is 12.5. The van der Waals surface area contributed by atoms with Crippen LogP contribution in [0.2, 0.25) is 0 Å². The number of benzene rings is 1. The summed E-state index contributed by atoms with van der Waals surface area (Å²) in [5.74, 6) is 0. The van der Waals surface area contributed by atoms with Gasteiger partial charge in [-0.2, -0.15) is 18.2 Å². The lowest BCUT2D eigenvalue weighted by molar-refractivity contribution is -0.137. The molecule has 17 heavy (non-hydrogen) atoms. The molecule has 1 heterocycles. The van der Waals surface area contributed by atoms with E-state index in [-0.39, 0.29) is 0 Å². The quantitative estimate of drug-likeness (QED) is 0.823. The molecule has 0 saturated carbocycles. The van der Waals surface area contributed by atoms with Gasteiger partial charge >= 0.3 is 6.18 Å². The van der Waals surface area contributed by atoms with Crippen LogP contribution in [0.5, 0.6) is 0 Å². The number of alkyl halides is 3. The minimum absolute atomic E-state index is 0.441. The molecule has 0 amide bonds. The molecule has 0 bridgehead atoms. The van der Waals surface area contributed by atoms with Crippen LogP contribution in [0.3, 0.4) is 0 Å². The van der Waals surface area contributed by atoms with Gasteiger partial charge in [0.1, 0.15) is 0 Å². The first-order valence-electron chi connectivity index (χ1n) is 5.33. The number of hydrogen-bond acceptors (Lipinski definition) is 3. The van der Waals surface area contributed by atoms with Gasteiger partial charge in [-0.3, -0.25) is 0 Å². The van der Waals surface area contributed by atoms with Crippen LogP contribution in [0.4, 0.5) is 18.9 Å². The van der Waals surface area contributed by atoms with Crippen LogP contribution in [0, 0.1) is 0 Å². The Bertz CT molecular complexity index is 387. The van der Waals surface area contributed by atoms with E-state index in [2.05, 4.69) is 0 Å². The summed E-state index contributed by atoms with van der Waals surface area (Å²) in [5.41, 5.74) is -0.0886. The molecule has 1 aliphatic rings. The van der Waals surface area contributed by atoms with Crippen LogP contribution < -0.4 is 4.90 Å². The predicted octanol–water partition coefficient (Wildman–Crippen LogP) is 2.22. The van der Waals surface area contributed by atoms with Crippen LogP contribution in [0.1, 0.15) is 5.56 Å². The van der Waals surface area contributed by atoms with Crippen molar-refractivity contribution in [1.82, 2.24) is 5.06 Å². The number of rotatable bonds is 1. The summed E-state index contributed by atoms with van der Waals surface area (Å²) in [6.07, 6.45) is -4.31. The molecule has 2 rings (SSSR count). The highest BCUT2D eigenvalue weighted by molar-refractivity contribution is 5.49. The smallest absolute Gasteiger partial charge is 0.369 e. The Morgan fingerprint density at radius 1 is 1.06 bits per heavy atom. The second-order valence-corrected chi connectivity index (χ2v) is 3.99. The topological polar surface area (TPSA) is 26.7 Å². The maximum absolute atomic E-state index is 12.5. The largest absolute Gasteiger partial charge is 0.416 e. The molecule has 1 aromatic carbocycles. The first kappa shape index (κ1) is 12.2. The van der Waals surface area contributed by atoms with E-state index in [1.54, 1.807) is 6.07 Å². The number of halogens is 3. The lowest BCUT2D eigenvalue weighted by Crippen LogP contribution is -2.44. The normalized spacial score (nSPS) is 18.5. The van der Waals surface area contributed by atoms with Gasteiger partial charge in [0.05, 0.1) is 5.56 Å². The summed E-state index contributed by atoms with van der Waals surface area (Å²) < 4.78 is 37.6. The van der Waals surface area contributed by atoms with Gasteiger partial charge in [0.2, 0.25) is 0 Å². The summed E-state index contributed by atoms with van der Waals surface area (Å²) in [6.45, 7) is 1.93. The molecule has 6 heteroatoms. The maximum Gasteiger partial charge on any atom is 0.416 e. The highest BCUT2D eigenvalue weighted by Crippen LogP contribution is 2.31. The molecule has 1 N–H and O–H groups in total. The lowest BCUT2D eigenvalue weighted by atomic mass is 10.1. The van der Waals surface area contributed by atoms with Crippen molar-refractivity contribution in [2.75, 3.05) is 31.1 Å². The molecule has 0 aromatic heterocycles. The van der Waals surface area contributed by atoms with E-state index < -0.39 is 11.7 Å². The van der Waals surface area contributed by atoms with E-state index in [1.807, 2.05) is 4.90 Å². The van der Waals surface area contributed by atoms with Crippen molar-refractivity contribution in [3.05, 3.63) is 29.8 Å². The number of piperazine rings is 1. The van der Waals surface area contributed by atoms with Crippen LogP contribution in [-0.4, -0.2) is 36.4 Å². The number of anilines is 1. The average Bonchev–Trinajstić information content (AvgIpc) is 2.29. The minimum Gasteiger partial charge on any atom is -0.369 e. The third kappa shape index (κ3) is 2.89. The molecule has 94 valence electrons. The first-order chi connectivity index (χ1) is 7.97.